The van der Waals surface area contributed by atoms with E-state index < -0.39 is 0 Å². The highest BCUT2D eigenvalue weighted by atomic mass is 79.9. The monoisotopic (exact) mass is 326 g/mol. The Hall–Kier alpha value is -1.87. The molecule has 0 unspecified atom stereocenters. The molecule has 2 aromatic carbocycles. The quantitative estimate of drug-likeness (QED) is 0.739. The summed E-state index contributed by atoms with van der Waals surface area (Å²) in [5, 5.41) is 5.94. The number of pyridine rings is 1. The van der Waals surface area contributed by atoms with Crippen molar-refractivity contribution < 1.29 is 0 Å². The molecule has 3 heteroatoms. The summed E-state index contributed by atoms with van der Waals surface area (Å²) in [5.41, 5.74) is 3.37. The van der Waals surface area contributed by atoms with E-state index in [1.165, 1.54) is 16.3 Å². The zero-order valence-corrected chi connectivity index (χ0v) is 12.8. The number of hydrogen-bond donors (Lipinski definition) is 1. The van der Waals surface area contributed by atoms with E-state index in [2.05, 4.69) is 68.7 Å². The van der Waals surface area contributed by atoms with Crippen molar-refractivity contribution in [3.8, 4) is 0 Å². The van der Waals surface area contributed by atoms with Gasteiger partial charge >= 0.3 is 0 Å². The molecule has 2 nitrogen and oxygen atoms in total. The number of nitrogens with one attached hydrogen (secondary N) is 1. The molecule has 0 saturated carbocycles. The zero-order valence-electron chi connectivity index (χ0n) is 11.2. The molecule has 0 aliphatic carbocycles. The van der Waals surface area contributed by atoms with Gasteiger partial charge in [0.15, 0.2) is 0 Å². The number of nitrogens with zero attached hydrogens (tertiary/aromatic N) is 1. The van der Waals surface area contributed by atoms with E-state index in [-0.39, 0.29) is 0 Å². The number of anilines is 1. The van der Waals surface area contributed by atoms with Crippen molar-refractivity contribution in [3.05, 3.63) is 70.5 Å². The lowest BCUT2D eigenvalue weighted by Crippen LogP contribution is -2.00. The predicted octanol–water partition coefficient (Wildman–Crippen LogP) is 4.92. The number of aromatic nitrogens is 1. The number of rotatable bonds is 3. The van der Waals surface area contributed by atoms with Gasteiger partial charge in [-0.15, -0.1) is 0 Å². The minimum absolute atomic E-state index is 0.777. The molecule has 0 amide bonds. The van der Waals surface area contributed by atoms with Crippen molar-refractivity contribution in [1.29, 1.82) is 0 Å². The second-order valence-electron chi connectivity index (χ2n) is 4.80. The van der Waals surface area contributed by atoms with Crippen molar-refractivity contribution >= 4 is 32.4 Å². The van der Waals surface area contributed by atoms with E-state index >= 15 is 0 Å². The van der Waals surface area contributed by atoms with E-state index in [1.54, 1.807) is 0 Å². The Kier molecular flexibility index (Phi) is 3.70. The standard InChI is InChI=1S/C17H15BrN2/c1-12-6-7-13(10-19-12)11-20-17-9-8-16(18)14-4-2-3-5-15(14)17/h2-10,20H,11H2,1H3. The fourth-order valence-corrected chi connectivity index (χ4v) is 2.69. The van der Waals surface area contributed by atoms with E-state index in [0.717, 1.165) is 22.4 Å². The van der Waals surface area contributed by atoms with Crippen LogP contribution in [0.25, 0.3) is 10.8 Å². The van der Waals surface area contributed by atoms with Crippen LogP contribution in [0.2, 0.25) is 0 Å². The molecule has 1 heterocycles. The fourth-order valence-electron chi connectivity index (χ4n) is 2.22. The van der Waals surface area contributed by atoms with Crippen LogP contribution >= 0.6 is 15.9 Å². The Morgan fingerprint density at radius 2 is 1.80 bits per heavy atom. The molecule has 0 aliphatic heterocycles. The Labute approximate surface area is 127 Å². The van der Waals surface area contributed by atoms with Gasteiger partial charge in [0, 0.05) is 34.0 Å². The lowest BCUT2D eigenvalue weighted by Gasteiger charge is -2.11. The summed E-state index contributed by atoms with van der Waals surface area (Å²) in [5.74, 6) is 0. The summed E-state index contributed by atoms with van der Waals surface area (Å²) in [6.07, 6.45) is 1.92. The summed E-state index contributed by atoms with van der Waals surface area (Å²) in [6.45, 7) is 2.78. The first-order chi connectivity index (χ1) is 9.74. The van der Waals surface area contributed by atoms with Crippen LogP contribution in [0.3, 0.4) is 0 Å². The van der Waals surface area contributed by atoms with Crippen molar-refractivity contribution in [2.45, 2.75) is 13.5 Å². The second-order valence-corrected chi connectivity index (χ2v) is 5.66. The highest BCUT2D eigenvalue weighted by Gasteiger charge is 2.03. The molecule has 0 fully saturated rings. The predicted molar refractivity (Wildman–Crippen MR) is 87.9 cm³/mol. The van der Waals surface area contributed by atoms with Crippen LogP contribution < -0.4 is 5.32 Å². The topological polar surface area (TPSA) is 24.9 Å². The molecule has 0 bridgehead atoms. The number of halogens is 1. The Morgan fingerprint density at radius 3 is 2.55 bits per heavy atom. The number of fused-ring (bicyclic) bond motifs is 1. The minimum atomic E-state index is 0.777. The fraction of sp³-hybridized carbons (Fsp3) is 0.118. The molecular weight excluding hydrogens is 312 g/mol. The minimum Gasteiger partial charge on any atom is -0.380 e. The van der Waals surface area contributed by atoms with Crippen LogP contribution in [0.1, 0.15) is 11.3 Å². The molecule has 0 atom stereocenters. The van der Waals surface area contributed by atoms with Gasteiger partial charge in [0.25, 0.3) is 0 Å². The molecule has 0 saturated heterocycles. The highest BCUT2D eigenvalue weighted by molar-refractivity contribution is 9.10. The summed E-state index contributed by atoms with van der Waals surface area (Å²) in [7, 11) is 0. The Morgan fingerprint density at radius 1 is 1.00 bits per heavy atom. The third-order valence-corrected chi connectivity index (χ3v) is 4.02. The number of hydrogen-bond acceptors (Lipinski definition) is 2. The van der Waals surface area contributed by atoms with Gasteiger partial charge in [0.2, 0.25) is 0 Å². The summed E-state index contributed by atoms with van der Waals surface area (Å²) in [4.78, 5) is 4.32. The van der Waals surface area contributed by atoms with Gasteiger partial charge < -0.3 is 5.32 Å². The molecule has 0 radical (unpaired) electrons. The van der Waals surface area contributed by atoms with Gasteiger partial charge in [-0.2, -0.15) is 0 Å². The molecule has 0 spiro atoms. The Balaban J connectivity index is 1.88. The average molecular weight is 327 g/mol. The SMILES string of the molecule is Cc1ccc(CNc2ccc(Br)c3ccccc23)cn1. The molecule has 100 valence electrons. The number of benzene rings is 2. The largest absolute Gasteiger partial charge is 0.380 e. The third kappa shape index (κ3) is 2.68. The molecule has 1 N–H and O–H groups in total. The first-order valence-electron chi connectivity index (χ1n) is 6.57. The lowest BCUT2D eigenvalue weighted by atomic mass is 10.1. The first kappa shape index (κ1) is 13.1. The van der Waals surface area contributed by atoms with Crippen molar-refractivity contribution in [3.63, 3.8) is 0 Å². The molecule has 20 heavy (non-hydrogen) atoms. The van der Waals surface area contributed by atoms with E-state index in [0.29, 0.717) is 0 Å². The van der Waals surface area contributed by atoms with Gasteiger partial charge in [-0.05, 0) is 36.1 Å². The molecule has 1 aromatic heterocycles. The van der Waals surface area contributed by atoms with E-state index in [9.17, 15) is 0 Å². The van der Waals surface area contributed by atoms with Gasteiger partial charge in [-0.25, -0.2) is 0 Å². The average Bonchev–Trinajstić information content (AvgIpc) is 2.49. The van der Waals surface area contributed by atoms with Gasteiger partial charge in [-0.1, -0.05) is 46.3 Å². The van der Waals surface area contributed by atoms with Crippen LogP contribution in [-0.2, 0) is 6.54 Å². The Bertz CT molecular complexity index is 736. The van der Waals surface area contributed by atoms with Crippen molar-refractivity contribution in [1.82, 2.24) is 4.98 Å². The summed E-state index contributed by atoms with van der Waals surface area (Å²) < 4.78 is 1.12. The lowest BCUT2D eigenvalue weighted by molar-refractivity contribution is 1.09. The maximum Gasteiger partial charge on any atom is 0.0423 e. The van der Waals surface area contributed by atoms with Gasteiger partial charge in [0.1, 0.15) is 0 Å². The van der Waals surface area contributed by atoms with Crippen LogP contribution in [0.15, 0.2) is 59.2 Å². The van der Waals surface area contributed by atoms with Crippen LogP contribution in [0, 0.1) is 6.92 Å². The van der Waals surface area contributed by atoms with E-state index in [1.807, 2.05) is 19.2 Å². The van der Waals surface area contributed by atoms with Crippen LogP contribution in [0.4, 0.5) is 5.69 Å². The van der Waals surface area contributed by atoms with Crippen molar-refractivity contribution in [2.75, 3.05) is 5.32 Å². The molecule has 0 aliphatic rings. The molecular formula is C17H15BrN2. The van der Waals surface area contributed by atoms with Crippen molar-refractivity contribution in [2.24, 2.45) is 0 Å². The highest BCUT2D eigenvalue weighted by Crippen LogP contribution is 2.30. The van der Waals surface area contributed by atoms with Crippen LogP contribution in [-0.4, -0.2) is 4.98 Å². The summed E-state index contributed by atoms with van der Waals surface area (Å²) >= 11 is 3.60. The maximum absolute atomic E-state index is 4.32. The summed E-state index contributed by atoms with van der Waals surface area (Å²) in [6, 6.07) is 16.7. The smallest absolute Gasteiger partial charge is 0.0423 e. The van der Waals surface area contributed by atoms with E-state index in [4.69, 9.17) is 0 Å². The zero-order chi connectivity index (χ0) is 13.9. The molecule has 3 rings (SSSR count). The number of aryl methyl sites for hydroxylation is 1. The molecule has 3 aromatic rings. The third-order valence-electron chi connectivity index (χ3n) is 3.33. The maximum atomic E-state index is 4.32. The van der Waals surface area contributed by atoms with Gasteiger partial charge in [0.05, 0.1) is 0 Å². The van der Waals surface area contributed by atoms with Gasteiger partial charge in [-0.3, -0.25) is 4.98 Å². The normalized spacial score (nSPS) is 10.7. The first-order valence-corrected chi connectivity index (χ1v) is 7.36. The van der Waals surface area contributed by atoms with Crippen LogP contribution in [0.5, 0.6) is 0 Å². The second kappa shape index (κ2) is 5.63.